The molecule has 0 aliphatic carbocycles. The minimum atomic E-state index is 0.467. The van der Waals surface area contributed by atoms with Crippen molar-refractivity contribution in [3.05, 3.63) is 0 Å². The van der Waals surface area contributed by atoms with Crippen molar-refractivity contribution >= 4 is 14.6 Å². The summed E-state index contributed by atoms with van der Waals surface area (Å²) in [4.78, 5) is 0. The lowest BCUT2D eigenvalue weighted by Gasteiger charge is -2.45. The summed E-state index contributed by atoms with van der Waals surface area (Å²) < 4.78 is 0. The molecule has 0 amide bonds. The molecule has 0 aliphatic heterocycles. The van der Waals surface area contributed by atoms with Gasteiger partial charge in [0.25, 0.3) is 0 Å². The number of hydrogen-bond acceptors (Lipinski definition) is 0. The Morgan fingerprint density at radius 1 is 0.857 bits per heavy atom. The summed E-state index contributed by atoms with van der Waals surface area (Å²) in [6, 6.07) is 0. The largest absolute Gasteiger partial charge is 0.124 e. The lowest BCUT2D eigenvalue weighted by atomic mass is 9.43. The number of rotatable bonds is 11. The van der Waals surface area contributed by atoms with Gasteiger partial charge in [-0.05, 0) is 30.1 Å². The van der Waals surface area contributed by atoms with E-state index in [9.17, 15) is 0 Å². The van der Waals surface area contributed by atoms with Crippen molar-refractivity contribution < 1.29 is 0 Å². The molecule has 2 heteroatoms. The van der Waals surface area contributed by atoms with E-state index in [0.29, 0.717) is 16.1 Å². The topological polar surface area (TPSA) is 0 Å². The average molecular weight is 292 g/mol. The summed E-state index contributed by atoms with van der Waals surface area (Å²) in [5.41, 5.74) is 1.02. The second kappa shape index (κ2) is 8.68. The first-order chi connectivity index (χ1) is 9.56. The van der Waals surface area contributed by atoms with E-state index < -0.39 is 0 Å². The minimum Gasteiger partial charge on any atom is -0.0891 e. The zero-order valence-electron chi connectivity index (χ0n) is 16.7. The molecule has 0 spiro atoms. The third kappa shape index (κ3) is 6.03. The molecule has 0 saturated heterocycles. The first-order valence-corrected chi connectivity index (χ1v) is 9.56. The van der Waals surface area contributed by atoms with Gasteiger partial charge in [-0.3, -0.25) is 0 Å². The van der Waals surface area contributed by atoms with Gasteiger partial charge in [0.1, 0.15) is 14.6 Å². The fraction of sp³-hybridized carbons (Fsp3) is 1.00. The summed E-state index contributed by atoms with van der Waals surface area (Å²) in [6.45, 7) is 21.9. The van der Waals surface area contributed by atoms with Gasteiger partial charge in [-0.15, -0.1) is 0 Å². The molecule has 2 unspecified atom stereocenters. The van der Waals surface area contributed by atoms with Gasteiger partial charge in [-0.2, -0.15) is 0 Å². The lowest BCUT2D eigenvalue weighted by Crippen LogP contribution is -2.33. The molecule has 0 heterocycles. The highest BCUT2D eigenvalue weighted by molar-refractivity contribution is 6.38. The van der Waals surface area contributed by atoms with Crippen molar-refractivity contribution in [2.75, 3.05) is 0 Å². The second-order valence-corrected chi connectivity index (χ2v) is 9.05. The van der Waals surface area contributed by atoms with Crippen molar-refractivity contribution in [3.8, 4) is 0 Å². The van der Waals surface area contributed by atoms with Crippen LogP contribution < -0.4 is 0 Å². The summed E-state index contributed by atoms with van der Waals surface area (Å²) in [5.74, 6) is 0.839. The minimum absolute atomic E-state index is 0.467. The smallest absolute Gasteiger partial charge is 0.0891 e. The zero-order chi connectivity index (χ0) is 16.7. The maximum atomic E-state index is 2.54. The van der Waals surface area contributed by atoms with E-state index in [1.54, 1.807) is 0 Å². The standard InChI is InChI=1S/C19H42B2/c1-10-13-19(7,18(5,6)21-9)15-12-11-14-17(3,4)16(2)20-8/h16,20-21H,10-15H2,1-9H3. The third-order valence-electron chi connectivity index (χ3n) is 7.07. The van der Waals surface area contributed by atoms with E-state index in [0.717, 1.165) is 5.82 Å². The Hall–Kier alpha value is 0.130. The van der Waals surface area contributed by atoms with Gasteiger partial charge in [-0.1, -0.05) is 92.5 Å². The van der Waals surface area contributed by atoms with E-state index in [1.165, 1.54) is 53.1 Å². The average Bonchev–Trinajstić information content (AvgIpc) is 2.42. The SMILES string of the molecule is CBC(C)C(C)(C)CCCCC(C)(CCC)C(C)(C)BC. The Bertz CT molecular complexity index is 283. The maximum absolute atomic E-state index is 2.54. The van der Waals surface area contributed by atoms with Crippen molar-refractivity contribution in [1.29, 1.82) is 0 Å². The highest BCUT2D eigenvalue weighted by Gasteiger charge is 2.38. The van der Waals surface area contributed by atoms with Crippen LogP contribution in [0.1, 0.15) is 87.0 Å². The molecule has 124 valence electrons. The molecule has 0 aliphatic rings. The molecule has 0 saturated carbocycles. The quantitative estimate of drug-likeness (QED) is 0.307. The van der Waals surface area contributed by atoms with Crippen molar-refractivity contribution in [1.82, 2.24) is 0 Å². The van der Waals surface area contributed by atoms with E-state index in [2.05, 4.69) is 62.1 Å². The highest BCUT2D eigenvalue weighted by atomic mass is 14.4. The van der Waals surface area contributed by atoms with Gasteiger partial charge in [0, 0.05) is 0 Å². The van der Waals surface area contributed by atoms with Crippen LogP contribution in [0.15, 0.2) is 0 Å². The molecule has 0 bridgehead atoms. The molecule has 0 rings (SSSR count). The Kier molecular flexibility index (Phi) is 8.74. The first-order valence-electron chi connectivity index (χ1n) is 9.56. The molecule has 0 aromatic heterocycles. The lowest BCUT2D eigenvalue weighted by molar-refractivity contribution is 0.180. The first kappa shape index (κ1) is 21.1. The fourth-order valence-corrected chi connectivity index (χ4v) is 3.68. The van der Waals surface area contributed by atoms with Crippen molar-refractivity contribution in [2.24, 2.45) is 10.8 Å². The summed E-state index contributed by atoms with van der Waals surface area (Å²) in [6.07, 6.45) is 8.28. The number of unbranched alkanes of at least 4 members (excludes halogenated alkanes) is 1. The van der Waals surface area contributed by atoms with Crippen molar-refractivity contribution in [2.45, 2.75) is 112 Å². The molecular formula is C19H42B2. The molecule has 0 fully saturated rings. The monoisotopic (exact) mass is 292 g/mol. The molecule has 2 atom stereocenters. The predicted octanol–water partition coefficient (Wildman–Crippen LogP) is 6.36. The van der Waals surface area contributed by atoms with Crippen LogP contribution in [-0.2, 0) is 0 Å². The molecular weight excluding hydrogens is 250 g/mol. The Morgan fingerprint density at radius 3 is 1.81 bits per heavy atom. The third-order valence-corrected chi connectivity index (χ3v) is 7.07. The highest BCUT2D eigenvalue weighted by Crippen LogP contribution is 2.51. The van der Waals surface area contributed by atoms with Gasteiger partial charge < -0.3 is 0 Å². The van der Waals surface area contributed by atoms with Crippen LogP contribution in [-0.4, -0.2) is 14.6 Å². The molecule has 21 heavy (non-hydrogen) atoms. The molecule has 0 radical (unpaired) electrons. The molecule has 0 nitrogen and oxygen atoms in total. The fourth-order valence-electron chi connectivity index (χ4n) is 3.68. The van der Waals surface area contributed by atoms with Crippen LogP contribution in [0.5, 0.6) is 0 Å². The van der Waals surface area contributed by atoms with E-state index >= 15 is 0 Å². The Balaban J connectivity index is 4.47. The van der Waals surface area contributed by atoms with Gasteiger partial charge in [0.2, 0.25) is 0 Å². The van der Waals surface area contributed by atoms with Gasteiger partial charge in [0.05, 0.1) is 0 Å². The van der Waals surface area contributed by atoms with E-state index in [-0.39, 0.29) is 0 Å². The maximum Gasteiger partial charge on any atom is 0.124 e. The Labute approximate surface area is 137 Å². The van der Waals surface area contributed by atoms with Crippen LogP contribution >= 0.6 is 0 Å². The van der Waals surface area contributed by atoms with E-state index in [4.69, 9.17) is 0 Å². The van der Waals surface area contributed by atoms with Gasteiger partial charge >= 0.3 is 0 Å². The molecule has 0 N–H and O–H groups in total. The summed E-state index contributed by atoms with van der Waals surface area (Å²) >= 11 is 0. The molecule has 0 aromatic carbocycles. The van der Waals surface area contributed by atoms with Gasteiger partial charge in [0.15, 0.2) is 0 Å². The summed E-state index contributed by atoms with van der Waals surface area (Å²) in [5, 5.41) is 0.467. The second-order valence-electron chi connectivity index (χ2n) is 9.05. The van der Waals surface area contributed by atoms with Crippen LogP contribution in [0.25, 0.3) is 0 Å². The zero-order valence-corrected chi connectivity index (χ0v) is 16.7. The Morgan fingerprint density at radius 2 is 1.38 bits per heavy atom. The van der Waals surface area contributed by atoms with E-state index in [1.807, 2.05) is 0 Å². The number of hydrogen-bond donors (Lipinski definition) is 0. The van der Waals surface area contributed by atoms with Crippen LogP contribution in [0.3, 0.4) is 0 Å². The van der Waals surface area contributed by atoms with Crippen molar-refractivity contribution in [3.63, 3.8) is 0 Å². The predicted molar refractivity (Wildman–Crippen MR) is 105 cm³/mol. The van der Waals surface area contributed by atoms with Crippen LogP contribution in [0.4, 0.5) is 0 Å². The van der Waals surface area contributed by atoms with Crippen LogP contribution in [0.2, 0.25) is 24.8 Å². The van der Waals surface area contributed by atoms with Gasteiger partial charge in [-0.25, -0.2) is 0 Å². The normalized spacial score (nSPS) is 17.2. The summed E-state index contributed by atoms with van der Waals surface area (Å²) in [7, 11) is 2.60. The molecule has 0 aromatic rings. The van der Waals surface area contributed by atoms with Crippen LogP contribution in [0, 0.1) is 10.8 Å².